The number of rotatable bonds is 8. The Morgan fingerprint density at radius 3 is 1.06 bits per heavy atom. The molecular formula is C68H42N2O2. The molecule has 72 heavy (non-hydrogen) atoms. The van der Waals surface area contributed by atoms with E-state index in [1.165, 1.54) is 43.8 Å². The van der Waals surface area contributed by atoms with E-state index in [0.29, 0.717) is 0 Å². The third kappa shape index (κ3) is 6.26. The van der Waals surface area contributed by atoms with E-state index >= 15 is 0 Å². The van der Waals surface area contributed by atoms with Gasteiger partial charge < -0.3 is 18.6 Å². The molecule has 14 aromatic rings. The molecule has 0 N–H and O–H groups in total. The summed E-state index contributed by atoms with van der Waals surface area (Å²) in [6, 6.07) is 91.6. The summed E-state index contributed by atoms with van der Waals surface area (Å²) in [4.78, 5) is 4.75. The molecule has 0 saturated carbocycles. The number of nitrogens with zero attached hydrogens (tertiary/aromatic N) is 2. The van der Waals surface area contributed by atoms with Gasteiger partial charge >= 0.3 is 0 Å². The molecule has 15 rings (SSSR count). The van der Waals surface area contributed by atoms with Gasteiger partial charge in [-0.05, 0) is 140 Å². The standard InChI is InChI=1S/C68H42N2O2/c1-3-17-43(18-4-1)51-21-7-11-27-61(51)69(63-29-15-25-55-53-23-9-13-31-65(53)71-67(55)63)49-35-33-45-39-57-59(41-47(45)37-49)58-40-46-34-36-50(38-48(46)42-60(57)58)70(62-28-12-8-22-52(62)44-19-5-2-6-20-44)64-30-16-26-56-54-24-10-14-32-66(54)72-68(56)64/h1-42H. The highest BCUT2D eigenvalue weighted by Crippen LogP contribution is 2.53. The molecule has 0 saturated heterocycles. The molecule has 0 fully saturated rings. The maximum atomic E-state index is 6.73. The Hall–Kier alpha value is -9.64. The maximum absolute atomic E-state index is 6.73. The summed E-state index contributed by atoms with van der Waals surface area (Å²) >= 11 is 0. The Bertz CT molecular complexity index is 4170. The van der Waals surface area contributed by atoms with Gasteiger partial charge in [-0.15, -0.1) is 0 Å². The van der Waals surface area contributed by atoms with Crippen LogP contribution in [0.15, 0.2) is 264 Å². The molecule has 12 aromatic carbocycles. The van der Waals surface area contributed by atoms with Crippen molar-refractivity contribution in [2.24, 2.45) is 0 Å². The molecule has 1 aliphatic carbocycles. The highest BCUT2D eigenvalue weighted by atomic mass is 16.3. The third-order valence-corrected chi connectivity index (χ3v) is 14.7. The van der Waals surface area contributed by atoms with Crippen molar-refractivity contribution in [1.82, 2.24) is 0 Å². The number of hydrogen-bond donors (Lipinski definition) is 0. The van der Waals surface area contributed by atoms with Crippen LogP contribution in [0.4, 0.5) is 34.1 Å². The van der Waals surface area contributed by atoms with Crippen molar-refractivity contribution in [3.05, 3.63) is 255 Å². The minimum atomic E-state index is 0.859. The van der Waals surface area contributed by atoms with Crippen LogP contribution in [-0.2, 0) is 0 Å². The predicted molar refractivity (Wildman–Crippen MR) is 301 cm³/mol. The van der Waals surface area contributed by atoms with Crippen LogP contribution in [0.5, 0.6) is 0 Å². The first-order valence-corrected chi connectivity index (χ1v) is 24.6. The van der Waals surface area contributed by atoms with E-state index < -0.39 is 0 Å². The quantitative estimate of drug-likeness (QED) is 0.152. The Balaban J connectivity index is 0.862. The molecule has 0 aliphatic heterocycles. The zero-order valence-electron chi connectivity index (χ0n) is 39.0. The predicted octanol–water partition coefficient (Wildman–Crippen LogP) is 19.7. The van der Waals surface area contributed by atoms with Gasteiger partial charge in [-0.3, -0.25) is 0 Å². The molecule has 0 spiro atoms. The van der Waals surface area contributed by atoms with E-state index in [0.717, 1.165) is 100 Å². The maximum Gasteiger partial charge on any atom is 0.159 e. The molecule has 2 aromatic heterocycles. The minimum Gasteiger partial charge on any atom is -0.454 e. The number of hydrogen-bond acceptors (Lipinski definition) is 4. The summed E-state index contributed by atoms with van der Waals surface area (Å²) in [6.45, 7) is 0. The summed E-state index contributed by atoms with van der Waals surface area (Å²) in [5, 5.41) is 9.15. The Morgan fingerprint density at radius 1 is 0.236 bits per heavy atom. The van der Waals surface area contributed by atoms with Crippen LogP contribution in [0.25, 0.3) is 110 Å². The van der Waals surface area contributed by atoms with Crippen LogP contribution in [0.2, 0.25) is 0 Å². The molecular weight excluding hydrogens is 877 g/mol. The molecule has 2 heterocycles. The van der Waals surface area contributed by atoms with Gasteiger partial charge in [0.05, 0.1) is 22.7 Å². The molecule has 0 bridgehead atoms. The molecule has 0 atom stereocenters. The van der Waals surface area contributed by atoms with Gasteiger partial charge in [0.1, 0.15) is 11.2 Å². The lowest BCUT2D eigenvalue weighted by Crippen LogP contribution is -2.12. The van der Waals surface area contributed by atoms with Crippen LogP contribution in [0.3, 0.4) is 0 Å². The minimum absolute atomic E-state index is 0.859. The van der Waals surface area contributed by atoms with E-state index in [4.69, 9.17) is 8.83 Å². The van der Waals surface area contributed by atoms with Gasteiger partial charge in [-0.2, -0.15) is 0 Å². The van der Waals surface area contributed by atoms with Crippen LogP contribution < -0.4 is 9.80 Å². The van der Waals surface area contributed by atoms with Crippen molar-refractivity contribution in [2.45, 2.75) is 0 Å². The molecule has 4 heteroatoms. The number of anilines is 6. The second-order valence-electron chi connectivity index (χ2n) is 18.8. The molecule has 0 radical (unpaired) electrons. The zero-order valence-corrected chi connectivity index (χ0v) is 39.0. The van der Waals surface area contributed by atoms with Crippen molar-refractivity contribution < 1.29 is 8.83 Å². The zero-order chi connectivity index (χ0) is 47.3. The van der Waals surface area contributed by atoms with Gasteiger partial charge in [0.15, 0.2) is 11.2 Å². The molecule has 1 aliphatic rings. The molecule has 0 unspecified atom stereocenters. The second-order valence-corrected chi connectivity index (χ2v) is 18.8. The molecule has 0 amide bonds. The van der Waals surface area contributed by atoms with E-state index in [9.17, 15) is 0 Å². The second kappa shape index (κ2) is 16.0. The summed E-state index contributed by atoms with van der Waals surface area (Å²) < 4.78 is 13.5. The summed E-state index contributed by atoms with van der Waals surface area (Å²) in [5.74, 6) is 0. The van der Waals surface area contributed by atoms with Gasteiger partial charge in [0, 0.05) is 44.0 Å². The highest BCUT2D eigenvalue weighted by Gasteiger charge is 2.27. The number of fused-ring (bicyclic) bond motifs is 12. The average Bonchev–Trinajstić information content (AvgIpc) is 4.03. The van der Waals surface area contributed by atoms with Crippen molar-refractivity contribution in [3.63, 3.8) is 0 Å². The van der Waals surface area contributed by atoms with Gasteiger partial charge in [0.2, 0.25) is 0 Å². The number of furan rings is 2. The van der Waals surface area contributed by atoms with Crippen molar-refractivity contribution in [1.29, 1.82) is 0 Å². The lowest BCUT2D eigenvalue weighted by atomic mass is 9.78. The topological polar surface area (TPSA) is 32.8 Å². The van der Waals surface area contributed by atoms with Crippen LogP contribution in [0, 0.1) is 0 Å². The SMILES string of the molecule is c1ccc(-c2ccccc2N(c2ccc3cc4c(cc3c2)-c2cc3ccc(N(c5ccccc5-c5ccccc5)c5cccc6c5oc5ccccc56)cc3cc2-4)c2cccc3c2oc2ccccc23)cc1. The average molecular weight is 919 g/mol. The van der Waals surface area contributed by atoms with E-state index in [1.54, 1.807) is 0 Å². The summed E-state index contributed by atoms with van der Waals surface area (Å²) in [7, 11) is 0. The van der Waals surface area contributed by atoms with Crippen molar-refractivity contribution in [2.75, 3.05) is 9.80 Å². The molecule has 336 valence electrons. The van der Waals surface area contributed by atoms with E-state index in [1.807, 2.05) is 12.1 Å². The first-order valence-electron chi connectivity index (χ1n) is 24.6. The summed E-state index contributed by atoms with van der Waals surface area (Å²) in [5.41, 5.74) is 19.4. The highest BCUT2D eigenvalue weighted by molar-refractivity contribution is 6.15. The summed E-state index contributed by atoms with van der Waals surface area (Å²) in [6.07, 6.45) is 0. The van der Waals surface area contributed by atoms with Crippen LogP contribution >= 0.6 is 0 Å². The van der Waals surface area contributed by atoms with E-state index in [2.05, 4.69) is 252 Å². The lowest BCUT2D eigenvalue weighted by molar-refractivity contribution is 0.668. The van der Waals surface area contributed by atoms with Gasteiger partial charge in [-0.1, -0.05) is 170 Å². The van der Waals surface area contributed by atoms with Crippen LogP contribution in [0.1, 0.15) is 0 Å². The lowest BCUT2D eigenvalue weighted by Gasteiger charge is -2.30. The first kappa shape index (κ1) is 40.3. The Labute approximate surface area is 415 Å². The number of para-hydroxylation sites is 6. The van der Waals surface area contributed by atoms with Crippen molar-refractivity contribution >= 4 is 99.5 Å². The smallest absolute Gasteiger partial charge is 0.159 e. The van der Waals surface area contributed by atoms with E-state index in [-0.39, 0.29) is 0 Å². The number of benzene rings is 12. The van der Waals surface area contributed by atoms with Crippen molar-refractivity contribution in [3.8, 4) is 44.5 Å². The fourth-order valence-corrected chi connectivity index (χ4v) is 11.4. The normalized spacial score (nSPS) is 11.9. The van der Waals surface area contributed by atoms with Crippen LogP contribution in [-0.4, -0.2) is 0 Å². The van der Waals surface area contributed by atoms with Gasteiger partial charge in [-0.25, -0.2) is 0 Å². The fourth-order valence-electron chi connectivity index (χ4n) is 11.4. The first-order chi connectivity index (χ1) is 35.7. The Kier molecular flexibility index (Phi) is 8.92. The Morgan fingerprint density at radius 2 is 0.597 bits per heavy atom. The fraction of sp³-hybridized carbons (Fsp3) is 0. The molecule has 4 nitrogen and oxygen atoms in total. The third-order valence-electron chi connectivity index (χ3n) is 14.7. The monoisotopic (exact) mass is 918 g/mol. The van der Waals surface area contributed by atoms with Gasteiger partial charge in [0.25, 0.3) is 0 Å². The largest absolute Gasteiger partial charge is 0.454 e.